The van der Waals surface area contributed by atoms with E-state index in [2.05, 4.69) is 9.97 Å². The lowest BCUT2D eigenvalue weighted by atomic mass is 10.0. The van der Waals surface area contributed by atoms with Crippen LogP contribution >= 0.6 is 0 Å². The standard InChI is InChI=1S/C12H19N5O3/c1-5-12(2,13)6-20-10-14-7-8(15-10)16(3)11(19)17(4)9(7)18/h5-6,13H2,1-4H3,(H,14,15). The minimum atomic E-state index is -0.476. The van der Waals surface area contributed by atoms with Crippen molar-refractivity contribution in [2.75, 3.05) is 6.61 Å². The molecule has 2 aromatic rings. The molecule has 20 heavy (non-hydrogen) atoms. The minimum Gasteiger partial charge on any atom is -0.463 e. The van der Waals surface area contributed by atoms with Gasteiger partial charge in [-0.3, -0.25) is 13.9 Å². The van der Waals surface area contributed by atoms with Crippen LogP contribution in [-0.4, -0.2) is 31.2 Å². The molecule has 8 nitrogen and oxygen atoms in total. The van der Waals surface area contributed by atoms with Crippen LogP contribution in [0.4, 0.5) is 0 Å². The number of hydrogen-bond donors (Lipinski definition) is 2. The number of aryl methyl sites for hydroxylation is 1. The lowest BCUT2D eigenvalue weighted by Gasteiger charge is -2.21. The van der Waals surface area contributed by atoms with Crippen molar-refractivity contribution in [1.82, 2.24) is 19.1 Å². The van der Waals surface area contributed by atoms with Crippen molar-refractivity contribution in [2.45, 2.75) is 25.8 Å². The summed E-state index contributed by atoms with van der Waals surface area (Å²) in [7, 11) is 2.97. The topological polar surface area (TPSA) is 108 Å². The summed E-state index contributed by atoms with van der Waals surface area (Å²) in [6.45, 7) is 4.09. The number of nitrogens with one attached hydrogen (secondary N) is 1. The molecule has 0 spiro atoms. The fourth-order valence-electron chi connectivity index (χ4n) is 1.71. The molecule has 0 fully saturated rings. The molecule has 0 bridgehead atoms. The van der Waals surface area contributed by atoms with Gasteiger partial charge in [0.1, 0.15) is 6.61 Å². The third kappa shape index (κ3) is 2.34. The average Bonchev–Trinajstić information content (AvgIpc) is 2.85. The Kier molecular flexibility index (Phi) is 3.43. The van der Waals surface area contributed by atoms with E-state index in [1.54, 1.807) is 7.05 Å². The number of nitrogens with zero attached hydrogens (tertiary/aromatic N) is 3. The van der Waals surface area contributed by atoms with E-state index in [1.807, 2.05) is 13.8 Å². The van der Waals surface area contributed by atoms with Crippen LogP contribution in [0.1, 0.15) is 20.3 Å². The van der Waals surface area contributed by atoms with Crippen LogP contribution in [0.25, 0.3) is 11.2 Å². The molecule has 0 aliphatic rings. The van der Waals surface area contributed by atoms with Crippen LogP contribution in [0.2, 0.25) is 0 Å². The molecular weight excluding hydrogens is 262 g/mol. The largest absolute Gasteiger partial charge is 0.463 e. The average molecular weight is 281 g/mol. The molecule has 3 N–H and O–H groups in total. The van der Waals surface area contributed by atoms with E-state index in [0.717, 1.165) is 11.0 Å². The fraction of sp³-hybridized carbons (Fsp3) is 0.583. The quantitative estimate of drug-likeness (QED) is 0.783. The highest BCUT2D eigenvalue weighted by atomic mass is 16.5. The van der Waals surface area contributed by atoms with Crippen LogP contribution < -0.4 is 21.7 Å². The number of aromatic amines is 1. The maximum atomic E-state index is 12.0. The Morgan fingerprint density at radius 3 is 2.60 bits per heavy atom. The molecular formula is C12H19N5O3. The number of ether oxygens (including phenoxy) is 1. The van der Waals surface area contributed by atoms with Gasteiger partial charge in [-0.2, -0.15) is 4.98 Å². The highest BCUT2D eigenvalue weighted by Crippen LogP contribution is 2.13. The van der Waals surface area contributed by atoms with E-state index >= 15 is 0 Å². The predicted octanol–water partition coefficient (Wildman–Crippen LogP) is -0.533. The Morgan fingerprint density at radius 2 is 2.00 bits per heavy atom. The van der Waals surface area contributed by atoms with Gasteiger partial charge < -0.3 is 15.5 Å². The number of imidazole rings is 1. The number of nitrogens with two attached hydrogens (primary N) is 1. The first kappa shape index (κ1) is 14.3. The summed E-state index contributed by atoms with van der Waals surface area (Å²) in [5.74, 6) is 0. The van der Waals surface area contributed by atoms with Gasteiger partial charge in [0.25, 0.3) is 11.6 Å². The number of fused-ring (bicyclic) bond motifs is 1. The Labute approximate surface area is 115 Å². The number of hydrogen-bond acceptors (Lipinski definition) is 5. The van der Waals surface area contributed by atoms with Crippen molar-refractivity contribution in [1.29, 1.82) is 0 Å². The molecule has 1 atom stereocenters. The van der Waals surface area contributed by atoms with Gasteiger partial charge in [0.05, 0.1) is 0 Å². The van der Waals surface area contributed by atoms with Gasteiger partial charge in [0.2, 0.25) is 0 Å². The van der Waals surface area contributed by atoms with Crippen LogP contribution in [0.3, 0.4) is 0 Å². The van der Waals surface area contributed by atoms with Gasteiger partial charge in [0, 0.05) is 19.6 Å². The highest BCUT2D eigenvalue weighted by molar-refractivity contribution is 5.70. The molecule has 0 aliphatic carbocycles. The summed E-state index contributed by atoms with van der Waals surface area (Å²) in [6, 6.07) is 0.184. The maximum Gasteiger partial charge on any atom is 0.332 e. The molecule has 0 radical (unpaired) electrons. The molecule has 0 saturated heterocycles. The van der Waals surface area contributed by atoms with Crippen molar-refractivity contribution in [2.24, 2.45) is 19.8 Å². The van der Waals surface area contributed by atoms with E-state index in [1.165, 1.54) is 11.6 Å². The third-order valence-corrected chi connectivity index (χ3v) is 3.42. The number of H-pyrrole nitrogens is 1. The molecule has 110 valence electrons. The van der Waals surface area contributed by atoms with Gasteiger partial charge in [0.15, 0.2) is 11.2 Å². The second-order valence-electron chi connectivity index (χ2n) is 5.24. The number of rotatable bonds is 4. The zero-order valence-corrected chi connectivity index (χ0v) is 12.1. The molecule has 8 heteroatoms. The van der Waals surface area contributed by atoms with Crippen molar-refractivity contribution < 1.29 is 4.74 Å². The second kappa shape index (κ2) is 4.78. The monoisotopic (exact) mass is 281 g/mol. The number of aromatic nitrogens is 4. The van der Waals surface area contributed by atoms with E-state index in [0.29, 0.717) is 0 Å². The second-order valence-corrected chi connectivity index (χ2v) is 5.24. The molecule has 2 heterocycles. The SMILES string of the molecule is CCC(C)(N)COc1nc2c([nH]1)c(=O)n(C)c(=O)n2C. The first-order valence-corrected chi connectivity index (χ1v) is 6.34. The van der Waals surface area contributed by atoms with E-state index in [4.69, 9.17) is 10.5 Å². The maximum absolute atomic E-state index is 12.0. The summed E-state index contributed by atoms with van der Waals surface area (Å²) < 4.78 is 7.79. The minimum absolute atomic E-state index is 0.184. The molecule has 0 saturated carbocycles. The smallest absolute Gasteiger partial charge is 0.332 e. The third-order valence-electron chi connectivity index (χ3n) is 3.42. The molecule has 0 aliphatic heterocycles. The van der Waals surface area contributed by atoms with Gasteiger partial charge in [-0.05, 0) is 13.3 Å². The zero-order valence-electron chi connectivity index (χ0n) is 12.1. The van der Waals surface area contributed by atoms with Gasteiger partial charge >= 0.3 is 5.69 Å². The summed E-state index contributed by atoms with van der Waals surface area (Å²) in [6.07, 6.45) is 0.744. The van der Waals surface area contributed by atoms with Crippen molar-refractivity contribution in [3.8, 4) is 6.01 Å². The lowest BCUT2D eigenvalue weighted by molar-refractivity contribution is 0.213. The molecule has 0 aromatic carbocycles. The lowest BCUT2D eigenvalue weighted by Crippen LogP contribution is -2.41. The van der Waals surface area contributed by atoms with Crippen molar-refractivity contribution in [3.63, 3.8) is 0 Å². The zero-order chi connectivity index (χ0) is 15.1. The first-order valence-electron chi connectivity index (χ1n) is 6.34. The molecule has 0 amide bonds. The summed E-state index contributed by atoms with van der Waals surface area (Å²) in [4.78, 5) is 30.7. The molecule has 2 rings (SSSR count). The van der Waals surface area contributed by atoms with E-state index in [9.17, 15) is 9.59 Å². The molecule has 1 unspecified atom stereocenters. The van der Waals surface area contributed by atoms with Crippen LogP contribution in [0.15, 0.2) is 9.59 Å². The fourth-order valence-corrected chi connectivity index (χ4v) is 1.71. The Balaban J connectivity index is 2.45. The normalized spacial score (nSPS) is 14.4. The van der Waals surface area contributed by atoms with Crippen LogP contribution in [0.5, 0.6) is 6.01 Å². The van der Waals surface area contributed by atoms with Gasteiger partial charge in [-0.1, -0.05) is 6.92 Å². The summed E-state index contributed by atoms with van der Waals surface area (Å²) in [5.41, 5.74) is 5.14. The molecule has 2 aromatic heterocycles. The van der Waals surface area contributed by atoms with Crippen LogP contribution in [-0.2, 0) is 14.1 Å². The van der Waals surface area contributed by atoms with Gasteiger partial charge in [-0.15, -0.1) is 0 Å². The van der Waals surface area contributed by atoms with Gasteiger partial charge in [-0.25, -0.2) is 4.79 Å². The predicted molar refractivity (Wildman–Crippen MR) is 75.0 cm³/mol. The summed E-state index contributed by atoms with van der Waals surface area (Å²) >= 11 is 0. The van der Waals surface area contributed by atoms with Crippen molar-refractivity contribution >= 4 is 11.2 Å². The highest BCUT2D eigenvalue weighted by Gasteiger charge is 2.19. The Hall–Kier alpha value is -2.09. The summed E-state index contributed by atoms with van der Waals surface area (Å²) in [5, 5.41) is 0. The van der Waals surface area contributed by atoms with Crippen molar-refractivity contribution in [3.05, 3.63) is 20.8 Å². The van der Waals surface area contributed by atoms with E-state index in [-0.39, 0.29) is 23.8 Å². The Morgan fingerprint density at radius 1 is 1.35 bits per heavy atom. The van der Waals surface area contributed by atoms with Crippen LogP contribution in [0, 0.1) is 0 Å². The Bertz CT molecular complexity index is 753. The first-order chi connectivity index (χ1) is 9.26. The van der Waals surface area contributed by atoms with E-state index < -0.39 is 16.8 Å².